The largest absolute Gasteiger partial charge is 0.348 e. The first-order valence-electron chi connectivity index (χ1n) is 11.0. The molecule has 2 aliphatic heterocycles. The van der Waals surface area contributed by atoms with Crippen molar-refractivity contribution in [3.63, 3.8) is 0 Å². The molecule has 9 heteroatoms. The van der Waals surface area contributed by atoms with Gasteiger partial charge in [-0.25, -0.2) is 14.2 Å². The van der Waals surface area contributed by atoms with Crippen LogP contribution in [0.4, 0.5) is 14.9 Å². The average Bonchev–Trinajstić information content (AvgIpc) is 3.40. The lowest BCUT2D eigenvalue weighted by Crippen LogP contribution is -2.44. The maximum Gasteiger partial charge on any atom is 0.319 e. The summed E-state index contributed by atoms with van der Waals surface area (Å²) >= 11 is 0. The third-order valence-electron chi connectivity index (χ3n) is 6.12. The lowest BCUT2D eigenvalue weighted by Gasteiger charge is -2.23. The number of aromatic nitrogens is 2. The summed E-state index contributed by atoms with van der Waals surface area (Å²) in [5.74, 6) is -0.0749. The number of amides is 3. The predicted octanol–water partition coefficient (Wildman–Crippen LogP) is 3.31. The summed E-state index contributed by atoms with van der Waals surface area (Å²) < 4.78 is 15.1. The van der Waals surface area contributed by atoms with Gasteiger partial charge in [0.2, 0.25) is 0 Å². The molecule has 0 unspecified atom stereocenters. The Morgan fingerprint density at radius 2 is 1.88 bits per heavy atom. The van der Waals surface area contributed by atoms with Crippen LogP contribution in [0.15, 0.2) is 36.5 Å². The molecule has 3 aromatic rings. The average molecular weight is 449 g/mol. The van der Waals surface area contributed by atoms with Gasteiger partial charge in [-0.05, 0) is 68.2 Å². The van der Waals surface area contributed by atoms with Crippen molar-refractivity contribution in [2.24, 2.45) is 0 Å². The summed E-state index contributed by atoms with van der Waals surface area (Å²) in [6.45, 7) is 3.94. The van der Waals surface area contributed by atoms with Crippen LogP contribution >= 0.6 is 0 Å². The van der Waals surface area contributed by atoms with Crippen LogP contribution in [0.3, 0.4) is 0 Å². The number of carbonyl (C=O) groups is 2. The van der Waals surface area contributed by atoms with E-state index in [4.69, 9.17) is 0 Å². The fourth-order valence-electron chi connectivity index (χ4n) is 4.48. The molecule has 0 radical (unpaired) electrons. The van der Waals surface area contributed by atoms with Crippen LogP contribution in [0.5, 0.6) is 0 Å². The number of hydrogen-bond acceptors (Lipinski definition) is 4. The highest BCUT2D eigenvalue weighted by molar-refractivity contribution is 6.06. The normalized spacial score (nSPS) is 15.8. The van der Waals surface area contributed by atoms with Crippen molar-refractivity contribution < 1.29 is 14.0 Å². The first-order chi connectivity index (χ1) is 16.0. The zero-order valence-corrected chi connectivity index (χ0v) is 18.2. The van der Waals surface area contributed by atoms with Gasteiger partial charge < -0.3 is 26.3 Å². The predicted molar refractivity (Wildman–Crippen MR) is 123 cm³/mol. The third-order valence-corrected chi connectivity index (χ3v) is 6.12. The fraction of sp³-hybridized carbons (Fsp3) is 0.292. The Labute approximate surface area is 190 Å². The van der Waals surface area contributed by atoms with Crippen molar-refractivity contribution in [3.8, 4) is 22.5 Å². The number of halogens is 1. The van der Waals surface area contributed by atoms with Crippen LogP contribution in [0.1, 0.15) is 34.5 Å². The quantitative estimate of drug-likeness (QED) is 0.422. The van der Waals surface area contributed by atoms with Crippen molar-refractivity contribution >= 4 is 17.6 Å². The smallest absolute Gasteiger partial charge is 0.319 e. The number of carbonyl (C=O) groups excluding carboxylic acids is 2. The lowest BCUT2D eigenvalue weighted by molar-refractivity contribution is 0.0966. The van der Waals surface area contributed by atoms with Crippen molar-refractivity contribution in [1.82, 2.24) is 25.9 Å². The Morgan fingerprint density at radius 3 is 2.61 bits per heavy atom. The van der Waals surface area contributed by atoms with Crippen molar-refractivity contribution in [3.05, 3.63) is 59.2 Å². The Bertz CT molecular complexity index is 1230. The van der Waals surface area contributed by atoms with Gasteiger partial charge >= 0.3 is 6.03 Å². The number of anilines is 1. The van der Waals surface area contributed by atoms with Crippen molar-refractivity contribution in [2.75, 3.05) is 18.4 Å². The van der Waals surface area contributed by atoms with E-state index in [1.807, 2.05) is 13.0 Å². The molecule has 3 heterocycles. The maximum atomic E-state index is 15.1. The highest BCUT2D eigenvalue weighted by Crippen LogP contribution is 2.36. The number of piperidine rings is 1. The SMILES string of the molecule is Cc1cnc(-c2ccc(-c3ccc(NC(=O)NC4CCNCC4)cc3F)c3c2C(=O)NC3)[nH]1. The van der Waals surface area contributed by atoms with Crippen LogP contribution in [-0.2, 0) is 6.54 Å². The molecular weight excluding hydrogens is 423 g/mol. The molecule has 8 nitrogen and oxygen atoms in total. The molecule has 170 valence electrons. The number of aryl methyl sites for hydroxylation is 1. The number of nitrogens with zero attached hydrogens (tertiary/aromatic N) is 1. The first-order valence-corrected chi connectivity index (χ1v) is 11.0. The molecule has 0 atom stereocenters. The number of rotatable bonds is 4. The molecule has 0 spiro atoms. The van der Waals surface area contributed by atoms with Gasteiger partial charge in [0.15, 0.2) is 0 Å². The number of urea groups is 1. The van der Waals surface area contributed by atoms with Gasteiger partial charge in [-0.1, -0.05) is 6.07 Å². The molecule has 2 aromatic carbocycles. The van der Waals surface area contributed by atoms with E-state index in [2.05, 4.69) is 31.2 Å². The molecular formula is C24H25FN6O2. The van der Waals surface area contributed by atoms with E-state index < -0.39 is 5.82 Å². The van der Waals surface area contributed by atoms with Gasteiger partial charge in [-0.15, -0.1) is 0 Å². The van der Waals surface area contributed by atoms with Crippen LogP contribution in [0, 0.1) is 12.7 Å². The summed E-state index contributed by atoms with van der Waals surface area (Å²) in [6, 6.07) is 7.96. The van der Waals surface area contributed by atoms with Crippen LogP contribution in [0.2, 0.25) is 0 Å². The minimum absolute atomic E-state index is 0.111. The second kappa shape index (κ2) is 8.67. The summed E-state index contributed by atoms with van der Waals surface area (Å²) in [4.78, 5) is 32.4. The molecule has 5 rings (SSSR count). The van der Waals surface area contributed by atoms with Crippen LogP contribution in [0.25, 0.3) is 22.5 Å². The summed E-state index contributed by atoms with van der Waals surface area (Å²) in [6.07, 6.45) is 3.44. The van der Waals surface area contributed by atoms with Gasteiger partial charge in [-0.3, -0.25) is 4.79 Å². The second-order valence-corrected chi connectivity index (χ2v) is 8.43. The molecule has 1 saturated heterocycles. The Hall–Kier alpha value is -3.72. The minimum Gasteiger partial charge on any atom is -0.348 e. The summed E-state index contributed by atoms with van der Waals surface area (Å²) in [7, 11) is 0. The number of benzene rings is 2. The Morgan fingerprint density at radius 1 is 1.12 bits per heavy atom. The van der Waals surface area contributed by atoms with E-state index in [9.17, 15) is 9.59 Å². The topological polar surface area (TPSA) is 111 Å². The Balaban J connectivity index is 1.41. The molecule has 0 saturated carbocycles. The first kappa shape index (κ1) is 21.1. The van der Waals surface area contributed by atoms with Gasteiger partial charge in [0.05, 0.1) is 5.56 Å². The van der Waals surface area contributed by atoms with Gasteiger partial charge in [0.1, 0.15) is 11.6 Å². The molecule has 3 amide bonds. The third kappa shape index (κ3) is 4.19. The van der Waals surface area contributed by atoms with Gasteiger partial charge in [0.25, 0.3) is 5.91 Å². The van der Waals surface area contributed by atoms with E-state index in [1.54, 1.807) is 24.4 Å². The molecule has 2 aliphatic rings. The van der Waals surface area contributed by atoms with Crippen LogP contribution < -0.4 is 21.3 Å². The lowest BCUT2D eigenvalue weighted by atomic mass is 9.92. The Kier molecular flexibility index (Phi) is 5.55. The van der Waals surface area contributed by atoms with Crippen molar-refractivity contribution in [1.29, 1.82) is 0 Å². The van der Waals surface area contributed by atoms with E-state index >= 15 is 4.39 Å². The molecule has 0 aliphatic carbocycles. The minimum atomic E-state index is -0.474. The van der Waals surface area contributed by atoms with Crippen molar-refractivity contribution in [2.45, 2.75) is 32.4 Å². The summed E-state index contributed by atoms with van der Waals surface area (Å²) in [5.41, 5.74) is 4.19. The van der Waals surface area contributed by atoms with Gasteiger partial charge in [-0.2, -0.15) is 0 Å². The van der Waals surface area contributed by atoms with E-state index in [0.29, 0.717) is 40.3 Å². The van der Waals surface area contributed by atoms with E-state index in [0.717, 1.165) is 37.2 Å². The highest BCUT2D eigenvalue weighted by atomic mass is 19.1. The molecule has 5 N–H and O–H groups in total. The zero-order chi connectivity index (χ0) is 22.9. The molecule has 33 heavy (non-hydrogen) atoms. The number of aromatic amines is 1. The number of imidazole rings is 1. The number of H-pyrrole nitrogens is 1. The highest BCUT2D eigenvalue weighted by Gasteiger charge is 2.28. The number of hydrogen-bond donors (Lipinski definition) is 5. The number of fused-ring (bicyclic) bond motifs is 1. The van der Waals surface area contributed by atoms with Crippen LogP contribution in [-0.4, -0.2) is 41.0 Å². The molecule has 0 bridgehead atoms. The number of nitrogens with one attached hydrogen (secondary N) is 5. The maximum absolute atomic E-state index is 15.1. The standard InChI is InChI=1S/C24H25FN6O2/c1-13-11-27-22(29-13)18-5-4-16(19-12-28-23(32)21(18)19)17-3-2-15(10-20(17)25)31-24(33)30-14-6-8-26-9-7-14/h2-5,10-11,14,26H,6-9,12H2,1H3,(H,27,29)(H,28,32)(H2,30,31,33). The molecule has 1 aromatic heterocycles. The summed E-state index contributed by atoms with van der Waals surface area (Å²) in [5, 5.41) is 11.7. The fourth-order valence-corrected chi connectivity index (χ4v) is 4.48. The van der Waals surface area contributed by atoms with Gasteiger partial charge in [0, 0.05) is 41.3 Å². The monoisotopic (exact) mass is 448 g/mol. The molecule has 1 fully saturated rings. The van der Waals surface area contributed by atoms with E-state index in [-0.39, 0.29) is 18.0 Å². The zero-order valence-electron chi connectivity index (χ0n) is 18.2. The second-order valence-electron chi connectivity index (χ2n) is 8.43. The van der Waals surface area contributed by atoms with E-state index in [1.165, 1.54) is 6.07 Å².